The molecule has 4 atom stereocenters. The lowest BCUT2D eigenvalue weighted by molar-refractivity contribution is -0.137. The summed E-state index contributed by atoms with van der Waals surface area (Å²) in [6, 6.07) is -0.789. The van der Waals surface area contributed by atoms with E-state index in [0.29, 0.717) is 19.3 Å². The Hall–Kier alpha value is -2.03. The molecule has 0 radical (unpaired) electrons. The summed E-state index contributed by atoms with van der Waals surface area (Å²) in [5, 5.41) is 21.8. The number of hydrogen-bond acceptors (Lipinski definition) is 6. The number of carboxylic acids is 1. The molecule has 9 nitrogen and oxygen atoms in total. The van der Waals surface area contributed by atoms with E-state index in [-0.39, 0.29) is 31.6 Å². The standard InChI is InChI=1S/C18H30N2O7/c1-3-26-17(24)19-13-11-14(20(19)18(25)27-4-2)16(23)12(13)9-7-5-6-8-10-15(21)22/h12-14,16,23H,3-11H2,1-2H3,(H,21,22)/t12-,13-,14-,16+/m0/s1. The van der Waals surface area contributed by atoms with Crippen molar-refractivity contribution in [2.75, 3.05) is 13.2 Å². The van der Waals surface area contributed by atoms with Gasteiger partial charge in [0.25, 0.3) is 0 Å². The molecule has 1 saturated heterocycles. The summed E-state index contributed by atoms with van der Waals surface area (Å²) in [5.74, 6) is -0.924. The first-order chi connectivity index (χ1) is 12.9. The Morgan fingerprint density at radius 3 is 2.04 bits per heavy atom. The van der Waals surface area contributed by atoms with Crippen LogP contribution in [0.5, 0.6) is 0 Å². The van der Waals surface area contributed by atoms with Crippen molar-refractivity contribution >= 4 is 18.2 Å². The van der Waals surface area contributed by atoms with Gasteiger partial charge >= 0.3 is 18.2 Å². The molecule has 1 saturated carbocycles. The van der Waals surface area contributed by atoms with Gasteiger partial charge in [0, 0.05) is 12.3 Å². The van der Waals surface area contributed by atoms with Crippen molar-refractivity contribution < 1.29 is 34.1 Å². The average molecular weight is 386 g/mol. The predicted molar refractivity (Wildman–Crippen MR) is 94.7 cm³/mol. The fourth-order valence-electron chi connectivity index (χ4n) is 4.12. The van der Waals surface area contributed by atoms with Gasteiger partial charge in [-0.2, -0.15) is 0 Å². The van der Waals surface area contributed by atoms with Crippen LogP contribution in [0.3, 0.4) is 0 Å². The lowest BCUT2D eigenvalue weighted by Crippen LogP contribution is -2.60. The molecule has 2 bridgehead atoms. The number of ether oxygens (including phenoxy) is 2. The summed E-state index contributed by atoms with van der Waals surface area (Å²) >= 11 is 0. The molecule has 2 fully saturated rings. The molecule has 0 aromatic rings. The number of carboxylic acid groups (broad SMARTS) is 1. The van der Waals surface area contributed by atoms with Crippen LogP contribution >= 0.6 is 0 Å². The van der Waals surface area contributed by atoms with Crippen LogP contribution in [0.2, 0.25) is 0 Å². The summed E-state index contributed by atoms with van der Waals surface area (Å²) < 4.78 is 10.1. The highest BCUT2D eigenvalue weighted by molar-refractivity contribution is 5.76. The van der Waals surface area contributed by atoms with E-state index < -0.39 is 30.3 Å². The van der Waals surface area contributed by atoms with E-state index in [4.69, 9.17) is 14.6 Å². The van der Waals surface area contributed by atoms with Crippen molar-refractivity contribution in [1.29, 1.82) is 0 Å². The van der Waals surface area contributed by atoms with Gasteiger partial charge in [0.15, 0.2) is 0 Å². The number of rotatable bonds is 9. The molecule has 9 heteroatoms. The smallest absolute Gasteiger partial charge is 0.429 e. The number of aliphatic hydroxyl groups excluding tert-OH is 1. The van der Waals surface area contributed by atoms with Gasteiger partial charge in [0.2, 0.25) is 0 Å². The van der Waals surface area contributed by atoms with Crippen LogP contribution in [0.1, 0.15) is 58.8 Å². The minimum atomic E-state index is -0.789. The zero-order chi connectivity index (χ0) is 20.0. The maximum absolute atomic E-state index is 12.4. The van der Waals surface area contributed by atoms with E-state index >= 15 is 0 Å². The molecule has 2 aliphatic rings. The zero-order valence-electron chi connectivity index (χ0n) is 16.0. The largest absolute Gasteiger partial charge is 0.481 e. The predicted octanol–water partition coefficient (Wildman–Crippen LogP) is 2.38. The van der Waals surface area contributed by atoms with E-state index in [0.717, 1.165) is 19.3 Å². The molecular weight excluding hydrogens is 356 g/mol. The minimum absolute atomic E-state index is 0.135. The van der Waals surface area contributed by atoms with E-state index in [1.54, 1.807) is 13.8 Å². The van der Waals surface area contributed by atoms with Crippen LogP contribution in [0.4, 0.5) is 9.59 Å². The van der Waals surface area contributed by atoms with Gasteiger partial charge in [-0.05, 0) is 33.1 Å². The molecule has 2 rings (SSSR count). The maximum atomic E-state index is 12.4. The van der Waals surface area contributed by atoms with Crippen molar-refractivity contribution in [2.45, 2.75) is 77.0 Å². The number of fused-ring (bicyclic) bond motifs is 2. The van der Waals surface area contributed by atoms with Crippen molar-refractivity contribution in [2.24, 2.45) is 5.92 Å². The summed E-state index contributed by atoms with van der Waals surface area (Å²) in [4.78, 5) is 35.2. The first kappa shape index (κ1) is 21.3. The van der Waals surface area contributed by atoms with Crippen molar-refractivity contribution in [3.8, 4) is 0 Å². The van der Waals surface area contributed by atoms with Gasteiger partial charge in [-0.3, -0.25) is 4.79 Å². The lowest BCUT2D eigenvalue weighted by atomic mass is 9.92. The summed E-state index contributed by atoms with van der Waals surface area (Å²) in [5.41, 5.74) is 0. The van der Waals surface area contributed by atoms with Crippen molar-refractivity contribution in [3.05, 3.63) is 0 Å². The van der Waals surface area contributed by atoms with E-state index in [1.165, 1.54) is 10.0 Å². The Kier molecular flexibility index (Phi) is 7.70. The van der Waals surface area contributed by atoms with E-state index in [1.807, 2.05) is 0 Å². The number of aliphatic hydroxyl groups is 1. The molecule has 0 aromatic carbocycles. The van der Waals surface area contributed by atoms with Gasteiger partial charge in [-0.15, -0.1) is 0 Å². The molecule has 0 aromatic heterocycles. The van der Waals surface area contributed by atoms with Crippen LogP contribution in [0.25, 0.3) is 0 Å². The van der Waals surface area contributed by atoms with Gasteiger partial charge in [-0.25, -0.2) is 19.6 Å². The Labute approximate surface area is 159 Å². The summed E-state index contributed by atoms with van der Waals surface area (Å²) in [7, 11) is 0. The second-order valence-corrected chi connectivity index (χ2v) is 6.96. The van der Waals surface area contributed by atoms with Crippen LogP contribution < -0.4 is 0 Å². The van der Waals surface area contributed by atoms with Gasteiger partial charge < -0.3 is 19.7 Å². The second-order valence-electron chi connectivity index (χ2n) is 6.96. The third-order valence-corrected chi connectivity index (χ3v) is 5.26. The lowest BCUT2D eigenvalue weighted by Gasteiger charge is -2.42. The Morgan fingerprint density at radius 1 is 0.926 bits per heavy atom. The number of amides is 2. The number of nitrogens with zero attached hydrogens (tertiary/aromatic N) is 2. The molecule has 1 aliphatic carbocycles. The molecular formula is C18H30N2O7. The van der Waals surface area contributed by atoms with Crippen LogP contribution in [-0.4, -0.2) is 69.8 Å². The topological polar surface area (TPSA) is 117 Å². The molecule has 0 unspecified atom stereocenters. The number of unbranched alkanes of at least 4 members (excludes halogenated alkanes) is 3. The Balaban J connectivity index is 1.97. The molecule has 1 aliphatic heterocycles. The number of aliphatic carboxylic acids is 1. The van der Waals surface area contributed by atoms with Gasteiger partial charge in [0.05, 0.1) is 31.4 Å². The Bertz CT molecular complexity index is 542. The first-order valence-corrected chi connectivity index (χ1v) is 9.74. The van der Waals surface area contributed by atoms with Crippen molar-refractivity contribution in [1.82, 2.24) is 10.0 Å². The maximum Gasteiger partial charge on any atom is 0.429 e. The average Bonchev–Trinajstić information content (AvgIpc) is 3.14. The quantitative estimate of drug-likeness (QED) is 0.584. The monoisotopic (exact) mass is 386 g/mol. The SMILES string of the molecule is CCOC(=O)N1[C@H]2C[C@@H]([C@H](CCCCCCC(=O)O)[C@H]2O)N1C(=O)OCC. The van der Waals surface area contributed by atoms with E-state index in [2.05, 4.69) is 0 Å². The first-order valence-electron chi connectivity index (χ1n) is 9.74. The number of hydrazine groups is 1. The fourth-order valence-corrected chi connectivity index (χ4v) is 4.12. The van der Waals surface area contributed by atoms with Crippen LogP contribution in [-0.2, 0) is 14.3 Å². The highest BCUT2D eigenvalue weighted by Crippen LogP contribution is 2.44. The van der Waals surface area contributed by atoms with E-state index in [9.17, 15) is 19.5 Å². The zero-order valence-corrected chi connectivity index (χ0v) is 16.0. The highest BCUT2D eigenvalue weighted by atomic mass is 16.6. The van der Waals surface area contributed by atoms with Gasteiger partial charge in [-0.1, -0.05) is 19.3 Å². The molecule has 2 amide bonds. The number of carbonyl (C=O) groups excluding carboxylic acids is 2. The molecule has 154 valence electrons. The van der Waals surface area contributed by atoms with Gasteiger partial charge in [0.1, 0.15) is 0 Å². The second kappa shape index (κ2) is 9.77. The molecule has 1 heterocycles. The molecule has 2 N–H and O–H groups in total. The van der Waals surface area contributed by atoms with Crippen molar-refractivity contribution in [3.63, 3.8) is 0 Å². The third kappa shape index (κ3) is 4.82. The Morgan fingerprint density at radius 2 is 1.48 bits per heavy atom. The van der Waals surface area contributed by atoms with Crippen LogP contribution in [0, 0.1) is 5.92 Å². The van der Waals surface area contributed by atoms with Crippen LogP contribution in [0.15, 0.2) is 0 Å². The normalized spacial score (nSPS) is 26.3. The fraction of sp³-hybridized carbons (Fsp3) is 0.833. The summed E-state index contributed by atoms with van der Waals surface area (Å²) in [6.07, 6.45) is 2.58. The third-order valence-electron chi connectivity index (χ3n) is 5.26. The molecule has 0 spiro atoms. The molecule has 27 heavy (non-hydrogen) atoms. The highest BCUT2D eigenvalue weighted by Gasteiger charge is 2.59. The minimum Gasteiger partial charge on any atom is -0.481 e. The summed E-state index contributed by atoms with van der Waals surface area (Å²) in [6.45, 7) is 3.76. The number of carbonyl (C=O) groups is 3. The number of hydrogen-bond donors (Lipinski definition) is 2.